The highest BCUT2D eigenvalue weighted by Crippen LogP contribution is 2.22. The molecule has 1 saturated heterocycles. The van der Waals surface area contributed by atoms with Crippen LogP contribution in [-0.2, 0) is 4.74 Å². The van der Waals surface area contributed by atoms with Gasteiger partial charge < -0.3 is 15.0 Å². The third kappa shape index (κ3) is 5.77. The van der Waals surface area contributed by atoms with Gasteiger partial charge in [-0.2, -0.15) is 20.1 Å². The number of nitro groups is 1. The van der Waals surface area contributed by atoms with Crippen molar-refractivity contribution in [1.82, 2.24) is 15.0 Å². The Morgan fingerprint density at radius 1 is 1.06 bits per heavy atom. The van der Waals surface area contributed by atoms with Crippen LogP contribution in [0, 0.1) is 24.0 Å². The molecule has 33 heavy (non-hydrogen) atoms. The molecule has 11 heteroatoms. The Bertz CT molecular complexity index is 1160. The maximum atomic E-state index is 10.8. The van der Waals surface area contributed by atoms with Gasteiger partial charge in [0, 0.05) is 30.9 Å². The van der Waals surface area contributed by atoms with Gasteiger partial charge in [-0.3, -0.25) is 10.1 Å². The van der Waals surface area contributed by atoms with Crippen molar-refractivity contribution >= 4 is 35.4 Å². The SMILES string of the molecule is Cc1ccc(C)c(Nc2nc(N/N=C/c3ccc([N+](=O)[O-])cc3)nc(N3CCOCC3)n2)c1. The molecule has 0 bridgehead atoms. The number of aryl methyl sites for hydroxylation is 2. The summed E-state index contributed by atoms with van der Waals surface area (Å²) >= 11 is 0. The summed E-state index contributed by atoms with van der Waals surface area (Å²) in [7, 11) is 0. The maximum absolute atomic E-state index is 10.8. The highest BCUT2D eigenvalue weighted by atomic mass is 16.6. The second-order valence-corrected chi connectivity index (χ2v) is 7.54. The van der Waals surface area contributed by atoms with Crippen LogP contribution in [0.4, 0.5) is 29.2 Å². The van der Waals surface area contributed by atoms with Crippen molar-refractivity contribution in [3.8, 4) is 0 Å². The van der Waals surface area contributed by atoms with E-state index in [1.54, 1.807) is 18.3 Å². The molecule has 0 spiro atoms. The number of hydrogen-bond acceptors (Lipinski definition) is 10. The molecule has 1 aliphatic rings. The third-order valence-electron chi connectivity index (χ3n) is 5.04. The van der Waals surface area contributed by atoms with E-state index in [0.717, 1.165) is 16.8 Å². The van der Waals surface area contributed by atoms with Crippen molar-refractivity contribution in [2.24, 2.45) is 5.10 Å². The minimum absolute atomic E-state index is 0.0230. The van der Waals surface area contributed by atoms with E-state index >= 15 is 0 Å². The van der Waals surface area contributed by atoms with E-state index in [9.17, 15) is 10.1 Å². The molecule has 0 aliphatic carbocycles. The number of hydrogen-bond donors (Lipinski definition) is 2. The number of ether oxygens (including phenoxy) is 1. The number of nitro benzene ring substituents is 1. The van der Waals surface area contributed by atoms with Gasteiger partial charge in [0.05, 0.1) is 24.4 Å². The van der Waals surface area contributed by atoms with Crippen molar-refractivity contribution < 1.29 is 9.66 Å². The molecule has 0 atom stereocenters. The molecule has 1 aromatic heterocycles. The number of nitrogens with one attached hydrogen (secondary N) is 2. The van der Waals surface area contributed by atoms with Gasteiger partial charge >= 0.3 is 0 Å². The van der Waals surface area contributed by atoms with Crippen LogP contribution in [0.5, 0.6) is 0 Å². The third-order valence-corrected chi connectivity index (χ3v) is 5.04. The van der Waals surface area contributed by atoms with E-state index in [1.807, 2.05) is 36.9 Å². The highest BCUT2D eigenvalue weighted by Gasteiger charge is 2.17. The Morgan fingerprint density at radius 3 is 2.52 bits per heavy atom. The zero-order valence-electron chi connectivity index (χ0n) is 18.4. The average molecular weight is 448 g/mol. The monoisotopic (exact) mass is 448 g/mol. The highest BCUT2D eigenvalue weighted by molar-refractivity contribution is 5.80. The van der Waals surface area contributed by atoms with E-state index in [1.165, 1.54) is 12.1 Å². The van der Waals surface area contributed by atoms with Crippen LogP contribution >= 0.6 is 0 Å². The number of hydrazone groups is 1. The summed E-state index contributed by atoms with van der Waals surface area (Å²) in [5.41, 5.74) is 6.66. The number of nitrogens with zero attached hydrogens (tertiary/aromatic N) is 6. The molecule has 0 saturated carbocycles. The Labute approximate surface area is 190 Å². The second-order valence-electron chi connectivity index (χ2n) is 7.54. The Balaban J connectivity index is 1.57. The number of anilines is 4. The van der Waals surface area contributed by atoms with Gasteiger partial charge in [-0.1, -0.05) is 12.1 Å². The molecule has 1 aliphatic heterocycles. The van der Waals surface area contributed by atoms with E-state index < -0.39 is 4.92 Å². The molecular formula is C22H24N8O3. The van der Waals surface area contributed by atoms with Gasteiger partial charge in [0.15, 0.2) is 0 Å². The summed E-state index contributed by atoms with van der Waals surface area (Å²) in [6.07, 6.45) is 1.54. The Morgan fingerprint density at radius 2 is 1.79 bits per heavy atom. The fourth-order valence-corrected chi connectivity index (χ4v) is 3.21. The summed E-state index contributed by atoms with van der Waals surface area (Å²) < 4.78 is 5.43. The van der Waals surface area contributed by atoms with E-state index in [4.69, 9.17) is 4.74 Å². The fraction of sp³-hybridized carbons (Fsp3) is 0.273. The minimum Gasteiger partial charge on any atom is -0.378 e. The lowest BCUT2D eigenvalue weighted by Gasteiger charge is -2.27. The summed E-state index contributed by atoms with van der Waals surface area (Å²) in [6, 6.07) is 12.2. The molecule has 11 nitrogen and oxygen atoms in total. The number of aromatic nitrogens is 3. The lowest BCUT2D eigenvalue weighted by molar-refractivity contribution is -0.384. The van der Waals surface area contributed by atoms with Crippen LogP contribution in [-0.4, -0.2) is 52.4 Å². The van der Waals surface area contributed by atoms with E-state index in [2.05, 4.69) is 30.8 Å². The van der Waals surface area contributed by atoms with Gasteiger partial charge in [0.1, 0.15) is 0 Å². The molecule has 2 aromatic carbocycles. The van der Waals surface area contributed by atoms with Crippen LogP contribution in [0.1, 0.15) is 16.7 Å². The van der Waals surface area contributed by atoms with Gasteiger partial charge in [0.2, 0.25) is 17.8 Å². The molecule has 4 rings (SSSR count). The average Bonchev–Trinajstić information content (AvgIpc) is 2.82. The molecule has 3 aromatic rings. The first-order valence-electron chi connectivity index (χ1n) is 10.4. The predicted molar refractivity (Wildman–Crippen MR) is 126 cm³/mol. The van der Waals surface area contributed by atoms with Crippen molar-refractivity contribution in [3.63, 3.8) is 0 Å². The summed E-state index contributed by atoms with van der Waals surface area (Å²) in [4.78, 5) is 25.9. The summed E-state index contributed by atoms with van der Waals surface area (Å²) in [5, 5.41) is 18.3. The smallest absolute Gasteiger partial charge is 0.269 e. The van der Waals surface area contributed by atoms with Crippen LogP contribution < -0.4 is 15.6 Å². The standard InChI is InChI=1S/C22H24N8O3/c1-15-3-4-16(2)19(13-15)24-20-25-21(27-22(26-20)29-9-11-33-12-10-29)28-23-14-17-5-7-18(8-6-17)30(31)32/h3-8,13-14H,9-12H2,1-2H3,(H2,24,25,26,27,28)/b23-14+. The maximum Gasteiger partial charge on any atom is 0.269 e. The van der Waals surface area contributed by atoms with E-state index in [-0.39, 0.29) is 11.6 Å². The molecule has 2 heterocycles. The molecule has 170 valence electrons. The van der Waals surface area contributed by atoms with Crippen molar-refractivity contribution in [1.29, 1.82) is 0 Å². The summed E-state index contributed by atoms with van der Waals surface area (Å²) in [6.45, 7) is 6.60. The molecule has 0 radical (unpaired) electrons. The predicted octanol–water partition coefficient (Wildman–Crippen LogP) is 3.42. The summed E-state index contributed by atoms with van der Waals surface area (Å²) in [5.74, 6) is 1.19. The van der Waals surface area contributed by atoms with Crippen LogP contribution in [0.2, 0.25) is 0 Å². The first kappa shape index (κ1) is 22.1. The van der Waals surface area contributed by atoms with Crippen LogP contribution in [0.25, 0.3) is 0 Å². The Kier molecular flexibility index (Phi) is 6.69. The zero-order valence-corrected chi connectivity index (χ0v) is 18.4. The number of benzene rings is 2. The van der Waals surface area contributed by atoms with Gasteiger partial charge in [0.25, 0.3) is 5.69 Å². The zero-order chi connectivity index (χ0) is 23.2. The lowest BCUT2D eigenvalue weighted by atomic mass is 10.1. The molecular weight excluding hydrogens is 424 g/mol. The molecule has 2 N–H and O–H groups in total. The van der Waals surface area contributed by atoms with Gasteiger partial charge in [-0.05, 0) is 48.7 Å². The minimum atomic E-state index is -0.443. The van der Waals surface area contributed by atoms with Crippen molar-refractivity contribution in [2.45, 2.75) is 13.8 Å². The quantitative estimate of drug-likeness (QED) is 0.317. The Hall–Kier alpha value is -4.12. The topological polar surface area (TPSA) is 131 Å². The molecule has 0 amide bonds. The number of rotatable bonds is 7. The first-order chi connectivity index (χ1) is 16.0. The normalized spacial score (nSPS) is 13.8. The lowest BCUT2D eigenvalue weighted by Crippen LogP contribution is -2.37. The van der Waals surface area contributed by atoms with Crippen LogP contribution in [0.3, 0.4) is 0 Å². The largest absolute Gasteiger partial charge is 0.378 e. The fourth-order valence-electron chi connectivity index (χ4n) is 3.21. The van der Waals surface area contributed by atoms with Crippen LogP contribution in [0.15, 0.2) is 47.6 Å². The molecule has 0 unspecified atom stereocenters. The van der Waals surface area contributed by atoms with Crippen molar-refractivity contribution in [2.75, 3.05) is 41.9 Å². The van der Waals surface area contributed by atoms with E-state index in [0.29, 0.717) is 43.8 Å². The van der Waals surface area contributed by atoms with Gasteiger partial charge in [-0.25, -0.2) is 5.43 Å². The van der Waals surface area contributed by atoms with Gasteiger partial charge in [-0.15, -0.1) is 0 Å². The number of morpholine rings is 1. The number of non-ortho nitro benzene ring substituents is 1. The molecule has 1 fully saturated rings. The first-order valence-corrected chi connectivity index (χ1v) is 10.4. The van der Waals surface area contributed by atoms with Crippen molar-refractivity contribution in [3.05, 3.63) is 69.3 Å². The second kappa shape index (κ2) is 10.0.